The predicted octanol–water partition coefficient (Wildman–Crippen LogP) is 1.48. The van der Waals surface area contributed by atoms with E-state index in [0.29, 0.717) is 12.1 Å². The fraction of sp³-hybridized carbons (Fsp3) is 0.556. The quantitative estimate of drug-likeness (QED) is 0.475. The first kappa shape index (κ1) is 9.59. The van der Waals surface area contributed by atoms with Gasteiger partial charge < -0.3 is 0 Å². The minimum atomic E-state index is -0.438. The van der Waals surface area contributed by atoms with Crippen LogP contribution in [0.4, 0.5) is 0 Å². The standard InChI is InChI=1S/C9H10N2O2/c1-9(11-7-13)4-2-3-8(5-9)10-6-12/h3H,2,4-5H2,1H3. The molecule has 0 aromatic heterocycles. The van der Waals surface area contributed by atoms with Crippen LogP contribution in [0.15, 0.2) is 21.8 Å². The summed E-state index contributed by atoms with van der Waals surface area (Å²) in [6, 6.07) is 0. The van der Waals surface area contributed by atoms with Gasteiger partial charge in [-0.1, -0.05) is 6.08 Å². The second-order valence-corrected chi connectivity index (χ2v) is 3.31. The number of aliphatic imine (C=N–C) groups is 2. The van der Waals surface area contributed by atoms with E-state index in [0.717, 1.165) is 12.8 Å². The molecule has 13 heavy (non-hydrogen) atoms. The van der Waals surface area contributed by atoms with Gasteiger partial charge in [-0.05, 0) is 19.8 Å². The molecule has 0 aliphatic heterocycles. The number of rotatable bonds is 2. The first-order valence-electron chi connectivity index (χ1n) is 4.06. The molecular formula is C9H10N2O2. The summed E-state index contributed by atoms with van der Waals surface area (Å²) in [6.07, 6.45) is 6.98. The highest BCUT2D eigenvalue weighted by Crippen LogP contribution is 2.31. The number of isocyanates is 2. The van der Waals surface area contributed by atoms with E-state index in [4.69, 9.17) is 0 Å². The minimum Gasteiger partial charge on any atom is -0.211 e. The van der Waals surface area contributed by atoms with Gasteiger partial charge in [0, 0.05) is 6.42 Å². The SMILES string of the molecule is CC1(N=C=O)CCC=C(N=C=O)C1. The molecule has 0 aromatic rings. The van der Waals surface area contributed by atoms with E-state index < -0.39 is 5.54 Å². The van der Waals surface area contributed by atoms with Crippen LogP contribution in [-0.4, -0.2) is 17.7 Å². The van der Waals surface area contributed by atoms with Crippen LogP contribution in [0.5, 0.6) is 0 Å². The second-order valence-electron chi connectivity index (χ2n) is 3.31. The van der Waals surface area contributed by atoms with Crippen molar-refractivity contribution >= 4 is 12.2 Å². The summed E-state index contributed by atoms with van der Waals surface area (Å²) in [5.41, 5.74) is 0.217. The lowest BCUT2D eigenvalue weighted by atomic mass is 9.86. The van der Waals surface area contributed by atoms with Crippen LogP contribution in [0.3, 0.4) is 0 Å². The molecule has 0 amide bonds. The van der Waals surface area contributed by atoms with Gasteiger partial charge in [-0.2, -0.15) is 9.98 Å². The molecule has 4 heteroatoms. The lowest BCUT2D eigenvalue weighted by molar-refractivity contribution is 0.411. The molecule has 68 valence electrons. The Morgan fingerprint density at radius 3 is 2.85 bits per heavy atom. The average molecular weight is 178 g/mol. The second kappa shape index (κ2) is 3.94. The van der Waals surface area contributed by atoms with Gasteiger partial charge in [0.1, 0.15) is 0 Å². The van der Waals surface area contributed by atoms with Gasteiger partial charge in [0.05, 0.1) is 11.2 Å². The van der Waals surface area contributed by atoms with E-state index in [2.05, 4.69) is 9.98 Å². The van der Waals surface area contributed by atoms with Crippen molar-refractivity contribution in [2.24, 2.45) is 9.98 Å². The van der Waals surface area contributed by atoms with E-state index in [9.17, 15) is 9.59 Å². The lowest BCUT2D eigenvalue weighted by Gasteiger charge is -2.25. The maximum absolute atomic E-state index is 10.1. The summed E-state index contributed by atoms with van der Waals surface area (Å²) in [7, 11) is 0. The van der Waals surface area contributed by atoms with Gasteiger partial charge in [-0.15, -0.1) is 0 Å². The van der Waals surface area contributed by atoms with Crippen LogP contribution in [-0.2, 0) is 9.59 Å². The van der Waals surface area contributed by atoms with Crippen molar-refractivity contribution in [2.45, 2.75) is 31.7 Å². The smallest absolute Gasteiger partial charge is 0.211 e. The molecule has 0 heterocycles. The van der Waals surface area contributed by atoms with E-state index in [1.165, 1.54) is 6.08 Å². The first-order chi connectivity index (χ1) is 6.20. The zero-order valence-corrected chi connectivity index (χ0v) is 7.41. The van der Waals surface area contributed by atoms with Crippen molar-refractivity contribution in [1.29, 1.82) is 0 Å². The molecule has 1 rings (SSSR count). The summed E-state index contributed by atoms with van der Waals surface area (Å²) >= 11 is 0. The van der Waals surface area contributed by atoms with Crippen molar-refractivity contribution in [3.05, 3.63) is 11.8 Å². The number of hydrogen-bond donors (Lipinski definition) is 0. The largest absolute Gasteiger partial charge is 0.240 e. The van der Waals surface area contributed by atoms with Crippen molar-refractivity contribution in [1.82, 2.24) is 0 Å². The topological polar surface area (TPSA) is 58.9 Å². The summed E-state index contributed by atoms with van der Waals surface area (Å²) in [4.78, 5) is 27.4. The minimum absolute atomic E-state index is 0.438. The maximum Gasteiger partial charge on any atom is 0.240 e. The fourth-order valence-corrected chi connectivity index (χ4v) is 1.45. The highest BCUT2D eigenvalue weighted by Gasteiger charge is 2.27. The van der Waals surface area contributed by atoms with Gasteiger partial charge in [-0.3, -0.25) is 0 Å². The Bertz CT molecular complexity index is 323. The summed E-state index contributed by atoms with van der Waals surface area (Å²) < 4.78 is 0. The molecule has 0 spiro atoms. The Hall–Kier alpha value is -1.50. The number of hydrogen-bond acceptors (Lipinski definition) is 4. The van der Waals surface area contributed by atoms with Crippen LogP contribution in [0.25, 0.3) is 0 Å². The highest BCUT2D eigenvalue weighted by atomic mass is 16.1. The molecule has 1 unspecified atom stereocenters. The Morgan fingerprint density at radius 2 is 2.23 bits per heavy atom. The summed E-state index contributed by atoms with van der Waals surface area (Å²) in [5.74, 6) is 0. The molecule has 0 saturated heterocycles. The van der Waals surface area contributed by atoms with Crippen molar-refractivity contribution in [3.63, 3.8) is 0 Å². The Balaban J connectivity index is 2.83. The molecule has 0 bridgehead atoms. The van der Waals surface area contributed by atoms with Crippen LogP contribution in [0, 0.1) is 0 Å². The average Bonchev–Trinajstić information content (AvgIpc) is 2.04. The Labute approximate surface area is 76.1 Å². The summed E-state index contributed by atoms with van der Waals surface area (Å²) in [6.45, 7) is 1.85. The number of nitrogens with zero attached hydrogens (tertiary/aromatic N) is 2. The molecule has 0 fully saturated rings. The van der Waals surface area contributed by atoms with Crippen molar-refractivity contribution in [2.75, 3.05) is 0 Å². The van der Waals surface area contributed by atoms with E-state index >= 15 is 0 Å². The van der Waals surface area contributed by atoms with Crippen molar-refractivity contribution in [3.8, 4) is 0 Å². The molecule has 0 N–H and O–H groups in total. The third kappa shape index (κ3) is 2.48. The monoisotopic (exact) mass is 178 g/mol. The first-order valence-corrected chi connectivity index (χ1v) is 4.06. The molecule has 0 aromatic carbocycles. The Kier molecular flexibility index (Phi) is 2.91. The maximum atomic E-state index is 10.1. The van der Waals surface area contributed by atoms with Gasteiger partial charge in [0.2, 0.25) is 12.2 Å². The molecule has 1 aliphatic rings. The lowest BCUT2D eigenvalue weighted by Crippen LogP contribution is -2.24. The van der Waals surface area contributed by atoms with Crippen LogP contribution in [0.1, 0.15) is 26.2 Å². The Morgan fingerprint density at radius 1 is 1.46 bits per heavy atom. The molecule has 1 aliphatic carbocycles. The normalized spacial score (nSPS) is 26.7. The van der Waals surface area contributed by atoms with Crippen LogP contribution >= 0.6 is 0 Å². The number of carbonyl (C=O) groups excluding carboxylic acids is 2. The number of allylic oxidation sites excluding steroid dienone is 1. The van der Waals surface area contributed by atoms with E-state index in [1.54, 1.807) is 6.08 Å². The zero-order chi connectivity index (χ0) is 9.73. The van der Waals surface area contributed by atoms with Gasteiger partial charge in [0.15, 0.2) is 0 Å². The third-order valence-electron chi connectivity index (χ3n) is 2.13. The van der Waals surface area contributed by atoms with Gasteiger partial charge in [0.25, 0.3) is 0 Å². The van der Waals surface area contributed by atoms with Crippen molar-refractivity contribution < 1.29 is 9.59 Å². The summed E-state index contributed by atoms with van der Waals surface area (Å²) in [5, 5.41) is 0. The molecule has 1 atom stereocenters. The molecule has 0 radical (unpaired) electrons. The molecule has 0 saturated carbocycles. The van der Waals surface area contributed by atoms with E-state index in [-0.39, 0.29) is 0 Å². The van der Waals surface area contributed by atoms with Gasteiger partial charge >= 0.3 is 0 Å². The van der Waals surface area contributed by atoms with Crippen LogP contribution < -0.4 is 0 Å². The zero-order valence-electron chi connectivity index (χ0n) is 7.41. The van der Waals surface area contributed by atoms with Gasteiger partial charge in [-0.25, -0.2) is 9.59 Å². The third-order valence-corrected chi connectivity index (χ3v) is 2.13. The fourth-order valence-electron chi connectivity index (χ4n) is 1.45. The molecule has 4 nitrogen and oxygen atoms in total. The highest BCUT2D eigenvalue weighted by molar-refractivity contribution is 5.39. The molecular weight excluding hydrogens is 168 g/mol. The van der Waals surface area contributed by atoms with E-state index in [1.807, 2.05) is 13.0 Å². The van der Waals surface area contributed by atoms with Crippen LogP contribution in [0.2, 0.25) is 0 Å². The predicted molar refractivity (Wildman–Crippen MR) is 46.6 cm³/mol.